The van der Waals surface area contributed by atoms with E-state index in [0.717, 1.165) is 10.2 Å². The Kier molecular flexibility index (Phi) is 7.24. The van der Waals surface area contributed by atoms with Crippen LogP contribution in [-0.2, 0) is 4.74 Å². The highest BCUT2D eigenvalue weighted by molar-refractivity contribution is 5.99. The van der Waals surface area contributed by atoms with Gasteiger partial charge in [-0.3, -0.25) is 4.79 Å². The largest absolute Gasteiger partial charge is 0.444 e. The molecule has 11 heteroatoms. The molecule has 1 fully saturated rings. The molecule has 0 spiro atoms. The minimum Gasteiger partial charge on any atom is -0.444 e. The number of anilines is 1. The number of ether oxygens (including phenoxy) is 1. The molecule has 8 nitrogen and oxygen atoms in total. The lowest BCUT2D eigenvalue weighted by molar-refractivity contribution is -0.173. The van der Waals surface area contributed by atoms with E-state index in [4.69, 9.17) is 4.74 Å². The van der Waals surface area contributed by atoms with E-state index in [1.165, 1.54) is 6.20 Å². The van der Waals surface area contributed by atoms with Gasteiger partial charge in [0, 0.05) is 25.4 Å². The van der Waals surface area contributed by atoms with Gasteiger partial charge in [0.2, 0.25) is 0 Å². The summed E-state index contributed by atoms with van der Waals surface area (Å²) in [5, 5.41) is 10.0. The number of benzene rings is 2. The molecule has 2 aliphatic heterocycles. The lowest BCUT2D eigenvalue weighted by Gasteiger charge is -2.34. The first-order valence-electron chi connectivity index (χ1n) is 13.2. The Balaban J connectivity index is 1.43. The molecule has 4 unspecified atom stereocenters. The van der Waals surface area contributed by atoms with Crippen molar-refractivity contribution in [2.45, 2.75) is 63.0 Å². The summed E-state index contributed by atoms with van der Waals surface area (Å²) in [5.74, 6) is -0.665. The first-order chi connectivity index (χ1) is 18.9. The smallest absolute Gasteiger partial charge is 0.410 e. The number of nitrogens with zero attached hydrogens (tertiary/aromatic N) is 3. The van der Waals surface area contributed by atoms with Crippen LogP contribution in [0.3, 0.4) is 0 Å². The molecule has 3 heterocycles. The van der Waals surface area contributed by atoms with Crippen molar-refractivity contribution in [3.05, 3.63) is 83.6 Å². The summed E-state index contributed by atoms with van der Waals surface area (Å²) in [5.41, 5.74) is 0.970. The van der Waals surface area contributed by atoms with E-state index < -0.39 is 41.9 Å². The second-order valence-corrected chi connectivity index (χ2v) is 11.2. The van der Waals surface area contributed by atoms with Crippen LogP contribution in [0, 0.1) is 0 Å². The predicted molar refractivity (Wildman–Crippen MR) is 143 cm³/mol. The summed E-state index contributed by atoms with van der Waals surface area (Å²) >= 11 is 0. The third-order valence-electron chi connectivity index (χ3n) is 7.21. The average Bonchev–Trinajstić information content (AvgIpc) is 3.51. The van der Waals surface area contributed by atoms with Crippen LogP contribution in [0.4, 0.5) is 23.8 Å². The zero-order valence-electron chi connectivity index (χ0n) is 22.5. The van der Waals surface area contributed by atoms with Crippen molar-refractivity contribution in [3.63, 3.8) is 0 Å². The van der Waals surface area contributed by atoms with Crippen molar-refractivity contribution in [2.75, 3.05) is 18.4 Å². The highest BCUT2D eigenvalue weighted by atomic mass is 19.4. The number of halogens is 3. The van der Waals surface area contributed by atoms with E-state index in [0.29, 0.717) is 5.56 Å². The second-order valence-electron chi connectivity index (χ2n) is 11.2. The van der Waals surface area contributed by atoms with Crippen LogP contribution in [0.5, 0.6) is 0 Å². The molecule has 0 saturated carbocycles. The maximum absolute atomic E-state index is 14.1. The van der Waals surface area contributed by atoms with Crippen molar-refractivity contribution in [1.82, 2.24) is 20.0 Å². The van der Waals surface area contributed by atoms with E-state index in [-0.39, 0.29) is 36.8 Å². The number of alkyl carbamates (subject to hydrolysis) is 1. The van der Waals surface area contributed by atoms with Gasteiger partial charge < -0.3 is 20.3 Å². The van der Waals surface area contributed by atoms with Gasteiger partial charge in [0.1, 0.15) is 17.0 Å². The topological polar surface area (TPSA) is 88.5 Å². The molecule has 0 aliphatic carbocycles. The number of likely N-dealkylation sites (tertiary alicyclic amines) is 1. The van der Waals surface area contributed by atoms with Crippen LogP contribution in [0.1, 0.15) is 66.7 Å². The summed E-state index contributed by atoms with van der Waals surface area (Å²) in [6, 6.07) is 15.3. The van der Waals surface area contributed by atoms with Gasteiger partial charge in [0.15, 0.2) is 6.04 Å². The molecular formula is C29H32F3N5O3. The number of aromatic nitrogens is 2. The van der Waals surface area contributed by atoms with Crippen LogP contribution in [0.15, 0.2) is 66.9 Å². The number of rotatable bonds is 4. The molecule has 0 bridgehead atoms. The van der Waals surface area contributed by atoms with Gasteiger partial charge in [-0.15, -0.1) is 0 Å². The van der Waals surface area contributed by atoms with Gasteiger partial charge in [-0.2, -0.15) is 18.3 Å². The Morgan fingerprint density at radius 1 is 0.975 bits per heavy atom. The van der Waals surface area contributed by atoms with Crippen molar-refractivity contribution in [2.24, 2.45) is 0 Å². The quantitative estimate of drug-likeness (QED) is 0.433. The van der Waals surface area contributed by atoms with Crippen LogP contribution in [0.25, 0.3) is 0 Å². The van der Waals surface area contributed by atoms with Gasteiger partial charge in [-0.05, 0) is 31.9 Å². The molecule has 2 N–H and O–H groups in total. The van der Waals surface area contributed by atoms with E-state index in [2.05, 4.69) is 15.7 Å². The van der Waals surface area contributed by atoms with Crippen molar-refractivity contribution in [1.29, 1.82) is 0 Å². The van der Waals surface area contributed by atoms with Crippen LogP contribution >= 0.6 is 0 Å². The Labute approximate surface area is 230 Å². The number of hydrogen-bond acceptors (Lipinski definition) is 5. The number of nitrogens with one attached hydrogen (secondary N) is 2. The van der Waals surface area contributed by atoms with Crippen LogP contribution in [-0.4, -0.2) is 57.6 Å². The Bertz CT molecular complexity index is 1350. The van der Waals surface area contributed by atoms with Gasteiger partial charge in [-0.25, -0.2) is 9.48 Å². The van der Waals surface area contributed by atoms with Gasteiger partial charge in [-0.1, -0.05) is 60.7 Å². The highest BCUT2D eigenvalue weighted by Crippen LogP contribution is 2.44. The van der Waals surface area contributed by atoms with E-state index in [1.54, 1.807) is 56.0 Å². The number of amides is 2. The molecule has 1 aromatic heterocycles. The van der Waals surface area contributed by atoms with Gasteiger partial charge in [0.05, 0.1) is 18.3 Å². The number of fused-ring (bicyclic) bond motifs is 1. The molecular weight excluding hydrogens is 523 g/mol. The lowest BCUT2D eigenvalue weighted by atomic mass is 9.94. The predicted octanol–water partition coefficient (Wildman–Crippen LogP) is 5.68. The minimum absolute atomic E-state index is 0.0345. The summed E-state index contributed by atoms with van der Waals surface area (Å²) in [6.07, 6.45) is -4.21. The van der Waals surface area contributed by atoms with Gasteiger partial charge >= 0.3 is 12.3 Å². The van der Waals surface area contributed by atoms with Gasteiger partial charge in [0.25, 0.3) is 5.91 Å². The molecule has 3 aromatic rings. The average molecular weight is 556 g/mol. The third-order valence-corrected chi connectivity index (χ3v) is 7.21. The molecule has 4 atom stereocenters. The number of alkyl halides is 3. The lowest BCUT2D eigenvalue weighted by Crippen LogP contribution is -2.43. The maximum Gasteiger partial charge on any atom is 0.410 e. The summed E-state index contributed by atoms with van der Waals surface area (Å²) in [6.45, 7) is 5.71. The first-order valence-corrected chi connectivity index (χ1v) is 13.2. The maximum atomic E-state index is 14.1. The number of carbonyl (C=O) groups is 2. The Morgan fingerprint density at radius 2 is 1.60 bits per heavy atom. The zero-order valence-corrected chi connectivity index (χ0v) is 22.5. The fraction of sp³-hybridized carbons (Fsp3) is 0.414. The first kappa shape index (κ1) is 27.5. The van der Waals surface area contributed by atoms with Crippen LogP contribution < -0.4 is 10.6 Å². The summed E-state index contributed by atoms with van der Waals surface area (Å²) < 4.78 is 48.6. The normalized spacial score (nSPS) is 22.8. The Hall–Kier alpha value is -4.02. The molecule has 5 rings (SSSR count). The second kappa shape index (κ2) is 10.5. The number of hydrogen-bond donors (Lipinski definition) is 2. The van der Waals surface area contributed by atoms with E-state index >= 15 is 0 Å². The molecule has 2 aliphatic rings. The van der Waals surface area contributed by atoms with E-state index in [1.807, 2.05) is 30.3 Å². The zero-order chi connectivity index (χ0) is 28.7. The SMILES string of the molecule is CC(C)(C)OC(=O)NC1CN(C(=O)c2cnn3c2NC(c2ccccc2)CC3C(F)(F)F)CC1c1ccccc1. The highest BCUT2D eigenvalue weighted by Gasteiger charge is 2.48. The molecule has 1 saturated heterocycles. The fourth-order valence-electron chi connectivity index (χ4n) is 5.41. The monoisotopic (exact) mass is 555 g/mol. The van der Waals surface area contributed by atoms with Crippen LogP contribution in [0.2, 0.25) is 0 Å². The van der Waals surface area contributed by atoms with E-state index in [9.17, 15) is 22.8 Å². The molecule has 0 radical (unpaired) electrons. The van der Waals surface area contributed by atoms with Crippen molar-refractivity contribution < 1.29 is 27.5 Å². The number of carbonyl (C=O) groups excluding carboxylic acids is 2. The minimum atomic E-state index is -4.55. The molecule has 212 valence electrons. The van der Waals surface area contributed by atoms with Crippen molar-refractivity contribution >= 4 is 17.8 Å². The molecule has 40 heavy (non-hydrogen) atoms. The Morgan fingerprint density at radius 3 is 2.20 bits per heavy atom. The third kappa shape index (κ3) is 5.78. The standard InChI is InChI=1S/C29H32F3N5O3/c1-28(2,3)40-27(39)35-23-17-36(16-21(23)18-10-6-4-7-11-18)26(38)20-15-33-37-24(29(30,31)32)14-22(34-25(20)37)19-12-8-5-9-13-19/h4-13,15,21-24,34H,14,16-17H2,1-3H3,(H,35,39). The van der Waals surface area contributed by atoms with Crippen molar-refractivity contribution in [3.8, 4) is 0 Å². The summed E-state index contributed by atoms with van der Waals surface area (Å²) in [7, 11) is 0. The fourth-order valence-corrected chi connectivity index (χ4v) is 5.41. The molecule has 2 amide bonds. The summed E-state index contributed by atoms with van der Waals surface area (Å²) in [4.78, 5) is 28.0. The molecule has 2 aromatic carbocycles.